The first-order valence-electron chi connectivity index (χ1n) is 6.07. The zero-order valence-corrected chi connectivity index (χ0v) is 11.3. The number of hydrogen-bond donors (Lipinski definition) is 2. The van der Waals surface area contributed by atoms with E-state index in [0.29, 0.717) is 32.3 Å². The Hall–Kier alpha value is -1.05. The van der Waals surface area contributed by atoms with Crippen LogP contribution in [0.1, 0.15) is 18.4 Å². The summed E-state index contributed by atoms with van der Waals surface area (Å²) >= 11 is 5.77. The summed E-state index contributed by atoms with van der Waals surface area (Å²) in [6.45, 7) is 1.06. The molecule has 1 aliphatic heterocycles. The maximum Gasteiger partial charge on any atom is 0.417 e. The van der Waals surface area contributed by atoms with Crippen molar-refractivity contribution in [2.45, 2.75) is 24.6 Å². The summed E-state index contributed by atoms with van der Waals surface area (Å²) < 4.78 is 42.5. The maximum atomic E-state index is 12.5. The van der Waals surface area contributed by atoms with Crippen molar-refractivity contribution in [3.8, 4) is 0 Å². The predicted octanol–water partition coefficient (Wildman–Crippen LogP) is 2.71. The monoisotopic (exact) mass is 310 g/mol. The summed E-state index contributed by atoms with van der Waals surface area (Å²) in [5.74, 6) is 0.125. The highest BCUT2D eigenvalue weighted by molar-refractivity contribution is 6.32. The highest BCUT2D eigenvalue weighted by Gasteiger charge is 2.32. The predicted molar refractivity (Wildman–Crippen MR) is 67.7 cm³/mol. The Kier molecular flexibility index (Phi) is 4.41. The third kappa shape index (κ3) is 3.74. The second-order valence-corrected chi connectivity index (χ2v) is 5.15. The minimum Gasteiger partial charge on any atom is -0.388 e. The van der Waals surface area contributed by atoms with E-state index >= 15 is 0 Å². The number of hydrogen-bond acceptors (Lipinski definition) is 4. The number of rotatable bonds is 3. The first-order valence-corrected chi connectivity index (χ1v) is 6.45. The van der Waals surface area contributed by atoms with E-state index < -0.39 is 17.3 Å². The first kappa shape index (κ1) is 15.3. The van der Waals surface area contributed by atoms with Gasteiger partial charge in [0.15, 0.2) is 0 Å². The normalized spacial score (nSPS) is 18.9. The SMILES string of the molecule is OC1(CNc2ncc(C(F)(F)F)cc2Cl)CCOCC1. The van der Waals surface area contributed by atoms with Crippen LogP contribution < -0.4 is 5.32 Å². The van der Waals surface area contributed by atoms with Crippen molar-refractivity contribution in [3.63, 3.8) is 0 Å². The lowest BCUT2D eigenvalue weighted by molar-refractivity contribution is -0.137. The van der Waals surface area contributed by atoms with E-state index in [1.807, 2.05) is 0 Å². The molecule has 112 valence electrons. The second kappa shape index (κ2) is 5.75. The number of alkyl halides is 3. The molecule has 2 rings (SSSR count). The van der Waals surface area contributed by atoms with Crippen LogP contribution in [0.4, 0.5) is 19.0 Å². The van der Waals surface area contributed by atoms with E-state index in [-0.39, 0.29) is 17.4 Å². The number of anilines is 1. The molecule has 1 fully saturated rings. The Morgan fingerprint density at radius 2 is 2.05 bits per heavy atom. The van der Waals surface area contributed by atoms with Crippen LogP contribution in [-0.4, -0.2) is 35.5 Å². The van der Waals surface area contributed by atoms with Crippen molar-refractivity contribution in [2.75, 3.05) is 25.1 Å². The van der Waals surface area contributed by atoms with E-state index in [4.69, 9.17) is 16.3 Å². The molecule has 0 aliphatic carbocycles. The number of nitrogens with one attached hydrogen (secondary N) is 1. The molecule has 2 heterocycles. The van der Waals surface area contributed by atoms with Gasteiger partial charge in [-0.3, -0.25) is 0 Å². The zero-order valence-electron chi connectivity index (χ0n) is 10.5. The van der Waals surface area contributed by atoms with E-state index in [2.05, 4.69) is 10.3 Å². The topological polar surface area (TPSA) is 54.4 Å². The average molecular weight is 311 g/mol. The van der Waals surface area contributed by atoms with Crippen molar-refractivity contribution in [1.82, 2.24) is 4.98 Å². The molecule has 1 aromatic heterocycles. The van der Waals surface area contributed by atoms with Crippen LogP contribution >= 0.6 is 11.6 Å². The van der Waals surface area contributed by atoms with Crippen molar-refractivity contribution < 1.29 is 23.0 Å². The van der Waals surface area contributed by atoms with Crippen molar-refractivity contribution >= 4 is 17.4 Å². The molecule has 0 radical (unpaired) electrons. The Balaban J connectivity index is 2.03. The van der Waals surface area contributed by atoms with Gasteiger partial charge in [-0.15, -0.1) is 0 Å². The number of nitrogens with zero attached hydrogens (tertiary/aromatic N) is 1. The number of pyridine rings is 1. The third-order valence-corrected chi connectivity index (χ3v) is 3.47. The fourth-order valence-corrected chi connectivity index (χ4v) is 2.13. The standard InChI is InChI=1S/C12H14ClF3N2O2/c13-9-5-8(12(14,15)16)6-17-10(9)18-7-11(19)1-3-20-4-2-11/h5-6,19H,1-4,7H2,(H,17,18). The van der Waals surface area contributed by atoms with E-state index in [1.54, 1.807) is 0 Å². The first-order chi connectivity index (χ1) is 9.30. The molecule has 4 nitrogen and oxygen atoms in total. The maximum absolute atomic E-state index is 12.5. The molecule has 2 N–H and O–H groups in total. The van der Waals surface area contributed by atoms with Gasteiger partial charge < -0.3 is 15.2 Å². The molecule has 0 amide bonds. The Labute approximate surface area is 118 Å². The summed E-state index contributed by atoms with van der Waals surface area (Å²) in [5, 5.41) is 12.9. The number of aliphatic hydroxyl groups is 1. The highest BCUT2D eigenvalue weighted by atomic mass is 35.5. The van der Waals surface area contributed by atoms with Crippen LogP contribution in [0, 0.1) is 0 Å². The average Bonchev–Trinajstić information content (AvgIpc) is 2.37. The van der Waals surface area contributed by atoms with Gasteiger partial charge in [0.05, 0.1) is 16.2 Å². The number of halogens is 4. The van der Waals surface area contributed by atoms with Gasteiger partial charge >= 0.3 is 6.18 Å². The molecule has 1 saturated heterocycles. The van der Waals surface area contributed by atoms with Gasteiger partial charge in [-0.25, -0.2) is 4.98 Å². The summed E-state index contributed by atoms with van der Waals surface area (Å²) in [6, 6.07) is 0.810. The summed E-state index contributed by atoms with van der Waals surface area (Å²) in [4.78, 5) is 3.65. The van der Waals surface area contributed by atoms with Crippen LogP contribution in [0.3, 0.4) is 0 Å². The molecule has 20 heavy (non-hydrogen) atoms. The van der Waals surface area contributed by atoms with Crippen LogP contribution in [0.25, 0.3) is 0 Å². The van der Waals surface area contributed by atoms with Gasteiger partial charge in [-0.1, -0.05) is 11.6 Å². The van der Waals surface area contributed by atoms with Gasteiger partial charge in [0.1, 0.15) is 5.82 Å². The molecule has 0 aromatic carbocycles. The van der Waals surface area contributed by atoms with E-state index in [9.17, 15) is 18.3 Å². The van der Waals surface area contributed by atoms with Gasteiger partial charge in [-0.05, 0) is 6.07 Å². The molecule has 0 unspecified atom stereocenters. The number of aromatic nitrogens is 1. The second-order valence-electron chi connectivity index (χ2n) is 4.74. The van der Waals surface area contributed by atoms with Crippen molar-refractivity contribution in [2.24, 2.45) is 0 Å². The Bertz CT molecular complexity index is 476. The van der Waals surface area contributed by atoms with Gasteiger partial charge in [0.2, 0.25) is 0 Å². The summed E-state index contributed by atoms with van der Waals surface area (Å²) in [5.41, 5.74) is -1.86. The van der Waals surface area contributed by atoms with E-state index in [0.717, 1.165) is 6.07 Å². The lowest BCUT2D eigenvalue weighted by Gasteiger charge is -2.32. The minimum absolute atomic E-state index is 0.125. The van der Waals surface area contributed by atoms with Crippen LogP contribution in [0.2, 0.25) is 5.02 Å². The summed E-state index contributed by atoms with van der Waals surface area (Å²) in [7, 11) is 0. The smallest absolute Gasteiger partial charge is 0.388 e. The largest absolute Gasteiger partial charge is 0.417 e. The fraction of sp³-hybridized carbons (Fsp3) is 0.583. The van der Waals surface area contributed by atoms with Crippen molar-refractivity contribution in [3.05, 3.63) is 22.8 Å². The molecule has 0 saturated carbocycles. The third-order valence-electron chi connectivity index (χ3n) is 3.18. The fourth-order valence-electron chi connectivity index (χ4n) is 1.90. The molecule has 1 aliphatic rings. The lowest BCUT2D eigenvalue weighted by atomic mass is 9.94. The molecular formula is C12H14ClF3N2O2. The minimum atomic E-state index is -4.48. The molecule has 0 bridgehead atoms. The van der Waals surface area contributed by atoms with Gasteiger partial charge in [0.25, 0.3) is 0 Å². The van der Waals surface area contributed by atoms with E-state index in [1.165, 1.54) is 0 Å². The summed E-state index contributed by atoms with van der Waals surface area (Å²) in [6.07, 6.45) is -2.85. The molecule has 0 atom stereocenters. The molecular weight excluding hydrogens is 297 g/mol. The quantitative estimate of drug-likeness (QED) is 0.901. The van der Waals surface area contributed by atoms with Crippen molar-refractivity contribution in [1.29, 1.82) is 0 Å². The Morgan fingerprint density at radius 1 is 1.40 bits per heavy atom. The molecule has 0 spiro atoms. The van der Waals surface area contributed by atoms with Crippen LogP contribution in [0.15, 0.2) is 12.3 Å². The van der Waals surface area contributed by atoms with Gasteiger partial charge in [-0.2, -0.15) is 13.2 Å². The van der Waals surface area contributed by atoms with Crippen LogP contribution in [0.5, 0.6) is 0 Å². The molecule has 8 heteroatoms. The highest BCUT2D eigenvalue weighted by Crippen LogP contribution is 2.32. The lowest BCUT2D eigenvalue weighted by Crippen LogP contribution is -2.42. The zero-order chi connectivity index (χ0) is 14.8. The number of ether oxygens (including phenoxy) is 1. The Morgan fingerprint density at radius 3 is 2.60 bits per heavy atom. The van der Waals surface area contributed by atoms with Gasteiger partial charge in [0, 0.05) is 38.8 Å². The van der Waals surface area contributed by atoms with Crippen LogP contribution in [-0.2, 0) is 10.9 Å². The molecule has 1 aromatic rings.